The molecule has 2 aromatic carbocycles. The van der Waals surface area contributed by atoms with Crippen molar-refractivity contribution in [1.82, 2.24) is 9.47 Å². The standard InChI is InChI=1S/C26H25N3O5/c1-2-33-26(32)28-13-10-18(11-14-28)29-15-12-19-20(25(29)31)7-5-8-21(19)27-24(30)23-16-17-6-3-4-9-22(17)34-23/h3-9,12,15-16,18H,2,10-11,13-14H2,1H3,(H,27,30). The van der Waals surface area contributed by atoms with Crippen LogP contribution >= 0.6 is 0 Å². The van der Waals surface area contributed by atoms with Gasteiger partial charge in [0.05, 0.1) is 6.61 Å². The van der Waals surface area contributed by atoms with Gasteiger partial charge in [0.15, 0.2) is 5.76 Å². The SMILES string of the molecule is CCOC(=O)N1CCC(n2ccc3c(NC(=O)c4cc5ccccc5o4)cccc3c2=O)CC1. The van der Waals surface area contributed by atoms with Gasteiger partial charge in [-0.15, -0.1) is 0 Å². The van der Waals surface area contributed by atoms with Gasteiger partial charge in [0, 0.05) is 47.2 Å². The summed E-state index contributed by atoms with van der Waals surface area (Å²) in [5.41, 5.74) is 1.07. The van der Waals surface area contributed by atoms with Gasteiger partial charge in [0.2, 0.25) is 0 Å². The highest BCUT2D eigenvalue weighted by Crippen LogP contribution is 2.26. The summed E-state index contributed by atoms with van der Waals surface area (Å²) < 4.78 is 12.5. The maximum Gasteiger partial charge on any atom is 0.409 e. The number of fused-ring (bicyclic) bond motifs is 2. The molecule has 1 aliphatic heterocycles. The summed E-state index contributed by atoms with van der Waals surface area (Å²) in [4.78, 5) is 39.8. The molecule has 8 heteroatoms. The maximum absolute atomic E-state index is 13.3. The van der Waals surface area contributed by atoms with E-state index in [9.17, 15) is 14.4 Å². The largest absolute Gasteiger partial charge is 0.451 e. The summed E-state index contributed by atoms with van der Waals surface area (Å²) in [6.07, 6.45) is 2.81. The molecule has 0 spiro atoms. The molecule has 0 radical (unpaired) electrons. The van der Waals surface area contributed by atoms with Crippen LogP contribution in [0.2, 0.25) is 0 Å². The van der Waals surface area contributed by atoms with Crippen LogP contribution in [0.5, 0.6) is 0 Å². The Morgan fingerprint density at radius 3 is 2.62 bits per heavy atom. The third-order valence-corrected chi connectivity index (χ3v) is 6.25. The van der Waals surface area contributed by atoms with Gasteiger partial charge in [0.25, 0.3) is 11.5 Å². The number of aromatic nitrogens is 1. The number of rotatable bonds is 4. The number of hydrogen-bond donors (Lipinski definition) is 1. The molecule has 3 heterocycles. The van der Waals surface area contributed by atoms with Crippen molar-refractivity contribution in [2.75, 3.05) is 25.0 Å². The minimum atomic E-state index is -0.376. The van der Waals surface area contributed by atoms with Crippen LogP contribution in [0.25, 0.3) is 21.7 Å². The molecule has 174 valence electrons. The van der Waals surface area contributed by atoms with Crippen LogP contribution in [-0.2, 0) is 4.74 Å². The zero-order chi connectivity index (χ0) is 23.7. The average molecular weight is 460 g/mol. The lowest BCUT2D eigenvalue weighted by Crippen LogP contribution is -2.41. The molecular formula is C26H25N3O5. The van der Waals surface area contributed by atoms with Crippen molar-refractivity contribution in [3.63, 3.8) is 0 Å². The van der Waals surface area contributed by atoms with E-state index in [0.29, 0.717) is 54.6 Å². The Morgan fingerprint density at radius 2 is 1.85 bits per heavy atom. The van der Waals surface area contributed by atoms with Crippen molar-refractivity contribution in [3.8, 4) is 0 Å². The Bertz CT molecular complexity index is 1400. The molecule has 1 fully saturated rings. The molecule has 1 aliphatic rings. The first-order valence-electron chi connectivity index (χ1n) is 11.4. The first-order chi connectivity index (χ1) is 16.5. The number of para-hydroxylation sites is 1. The number of nitrogens with zero attached hydrogens (tertiary/aromatic N) is 2. The minimum absolute atomic E-state index is 0.00336. The van der Waals surface area contributed by atoms with Gasteiger partial charge >= 0.3 is 6.09 Å². The lowest BCUT2D eigenvalue weighted by molar-refractivity contribution is 0.0923. The monoisotopic (exact) mass is 459 g/mol. The Labute approximate surface area is 195 Å². The van der Waals surface area contributed by atoms with Gasteiger partial charge in [-0.2, -0.15) is 0 Å². The number of hydrogen-bond acceptors (Lipinski definition) is 5. The third kappa shape index (κ3) is 4.03. The third-order valence-electron chi connectivity index (χ3n) is 6.25. The molecule has 8 nitrogen and oxygen atoms in total. The topological polar surface area (TPSA) is 93.8 Å². The highest BCUT2D eigenvalue weighted by molar-refractivity contribution is 6.09. The Kier molecular flexibility index (Phi) is 5.79. The summed E-state index contributed by atoms with van der Waals surface area (Å²) in [5.74, 6) is -0.167. The Morgan fingerprint density at radius 1 is 1.06 bits per heavy atom. The molecule has 1 N–H and O–H groups in total. The number of pyridine rings is 1. The number of ether oxygens (including phenoxy) is 1. The second-order valence-corrected chi connectivity index (χ2v) is 8.31. The first-order valence-corrected chi connectivity index (χ1v) is 11.4. The van der Waals surface area contributed by atoms with E-state index in [4.69, 9.17) is 9.15 Å². The Balaban J connectivity index is 1.37. The molecule has 5 rings (SSSR count). The van der Waals surface area contributed by atoms with Gasteiger partial charge in [0.1, 0.15) is 5.58 Å². The van der Waals surface area contributed by atoms with Crippen molar-refractivity contribution in [1.29, 1.82) is 0 Å². The van der Waals surface area contributed by atoms with Crippen LogP contribution in [0.3, 0.4) is 0 Å². The zero-order valence-electron chi connectivity index (χ0n) is 18.8. The second-order valence-electron chi connectivity index (χ2n) is 8.31. The summed E-state index contributed by atoms with van der Waals surface area (Å²) in [7, 11) is 0. The normalized spacial score (nSPS) is 14.4. The molecular weight excluding hydrogens is 434 g/mol. The van der Waals surface area contributed by atoms with Gasteiger partial charge < -0.3 is 23.9 Å². The maximum atomic E-state index is 13.3. The van der Waals surface area contributed by atoms with Crippen LogP contribution in [0, 0.1) is 0 Å². The smallest absolute Gasteiger partial charge is 0.409 e. The van der Waals surface area contributed by atoms with E-state index in [1.807, 2.05) is 30.3 Å². The lowest BCUT2D eigenvalue weighted by Gasteiger charge is -2.32. The molecule has 0 aliphatic carbocycles. The molecule has 0 atom stereocenters. The molecule has 0 bridgehead atoms. The van der Waals surface area contributed by atoms with Crippen LogP contribution < -0.4 is 10.9 Å². The Hall–Kier alpha value is -4.07. The zero-order valence-corrected chi connectivity index (χ0v) is 18.8. The van der Waals surface area contributed by atoms with Gasteiger partial charge in [-0.1, -0.05) is 24.3 Å². The highest BCUT2D eigenvalue weighted by atomic mass is 16.6. The summed E-state index contributed by atoms with van der Waals surface area (Å²) in [5, 5.41) is 4.92. The predicted octanol–water partition coefficient (Wildman–Crippen LogP) is 4.79. The van der Waals surface area contributed by atoms with Gasteiger partial charge in [-0.3, -0.25) is 9.59 Å². The van der Waals surface area contributed by atoms with E-state index in [1.54, 1.807) is 46.9 Å². The number of carbonyl (C=O) groups excluding carboxylic acids is 2. The van der Waals surface area contributed by atoms with E-state index >= 15 is 0 Å². The quantitative estimate of drug-likeness (QED) is 0.473. The van der Waals surface area contributed by atoms with Crippen molar-refractivity contribution >= 4 is 39.4 Å². The van der Waals surface area contributed by atoms with Crippen LogP contribution in [0.4, 0.5) is 10.5 Å². The minimum Gasteiger partial charge on any atom is -0.451 e. The van der Waals surface area contributed by atoms with E-state index in [2.05, 4.69) is 5.32 Å². The molecule has 1 saturated heterocycles. The van der Waals surface area contributed by atoms with Crippen molar-refractivity contribution in [3.05, 3.63) is 76.9 Å². The predicted molar refractivity (Wildman–Crippen MR) is 129 cm³/mol. The molecule has 0 unspecified atom stereocenters. The summed E-state index contributed by atoms with van der Waals surface area (Å²) >= 11 is 0. The van der Waals surface area contributed by atoms with Gasteiger partial charge in [-0.25, -0.2) is 4.79 Å². The fourth-order valence-electron chi connectivity index (χ4n) is 4.51. The average Bonchev–Trinajstić information content (AvgIpc) is 3.30. The summed E-state index contributed by atoms with van der Waals surface area (Å²) in [6.45, 7) is 3.22. The van der Waals surface area contributed by atoms with Crippen molar-refractivity contribution in [2.45, 2.75) is 25.8 Å². The van der Waals surface area contributed by atoms with Crippen LogP contribution in [0.1, 0.15) is 36.4 Å². The number of furan rings is 1. The second kappa shape index (κ2) is 9.05. The van der Waals surface area contributed by atoms with Crippen molar-refractivity contribution in [2.24, 2.45) is 0 Å². The number of amides is 2. The highest BCUT2D eigenvalue weighted by Gasteiger charge is 2.25. The number of nitrogens with one attached hydrogen (secondary N) is 1. The first kappa shape index (κ1) is 21.8. The van der Waals surface area contributed by atoms with Crippen molar-refractivity contribution < 1.29 is 18.7 Å². The lowest BCUT2D eigenvalue weighted by atomic mass is 10.0. The number of piperidine rings is 1. The fraction of sp³-hybridized carbons (Fsp3) is 0.269. The molecule has 34 heavy (non-hydrogen) atoms. The van der Waals surface area contributed by atoms with E-state index < -0.39 is 0 Å². The number of carbonyl (C=O) groups is 2. The van der Waals surface area contributed by atoms with E-state index in [0.717, 1.165) is 5.39 Å². The van der Waals surface area contributed by atoms with Crippen LogP contribution in [0.15, 0.2) is 70.0 Å². The molecule has 0 saturated carbocycles. The number of benzene rings is 2. The van der Waals surface area contributed by atoms with E-state index in [1.165, 1.54) is 0 Å². The fourth-order valence-corrected chi connectivity index (χ4v) is 4.51. The summed E-state index contributed by atoms with van der Waals surface area (Å²) in [6, 6.07) is 16.3. The molecule has 4 aromatic rings. The molecule has 2 amide bonds. The van der Waals surface area contributed by atoms with Crippen LogP contribution in [-0.4, -0.2) is 41.2 Å². The number of likely N-dealkylation sites (tertiary alicyclic amines) is 1. The molecule has 2 aromatic heterocycles. The number of anilines is 1. The van der Waals surface area contributed by atoms with Gasteiger partial charge in [-0.05, 0) is 50.1 Å². The van der Waals surface area contributed by atoms with E-state index in [-0.39, 0.29) is 29.4 Å².